The Labute approximate surface area is 161 Å². The number of sulfonamides is 1. The highest BCUT2D eigenvalue weighted by Crippen LogP contribution is 2.22. The van der Waals surface area contributed by atoms with E-state index < -0.39 is 15.9 Å². The van der Waals surface area contributed by atoms with E-state index in [0.29, 0.717) is 23.7 Å². The minimum atomic E-state index is -3.62. The molecule has 0 aliphatic heterocycles. The molecule has 0 saturated heterocycles. The second-order valence-electron chi connectivity index (χ2n) is 6.54. The van der Waals surface area contributed by atoms with Crippen molar-refractivity contribution in [2.24, 2.45) is 0 Å². The highest BCUT2D eigenvalue weighted by molar-refractivity contribution is 7.92. The Hall–Kier alpha value is -2.54. The Kier molecular flexibility index (Phi) is 6.85. The Morgan fingerprint density at radius 3 is 2.19 bits per heavy atom. The minimum Gasteiger partial charge on any atom is -0.494 e. The van der Waals surface area contributed by atoms with E-state index in [0.717, 1.165) is 28.1 Å². The van der Waals surface area contributed by atoms with Gasteiger partial charge in [-0.3, -0.25) is 9.10 Å². The molecule has 0 fully saturated rings. The monoisotopic (exact) mass is 390 g/mol. The van der Waals surface area contributed by atoms with Gasteiger partial charge in [-0.15, -0.1) is 0 Å². The number of hydrogen-bond acceptors (Lipinski definition) is 4. The van der Waals surface area contributed by atoms with Crippen molar-refractivity contribution in [2.45, 2.75) is 27.2 Å². The second kappa shape index (κ2) is 8.90. The maximum absolute atomic E-state index is 12.4. The van der Waals surface area contributed by atoms with Crippen LogP contribution in [0.1, 0.15) is 24.5 Å². The molecular formula is C20H26N2O4S. The molecule has 27 heavy (non-hydrogen) atoms. The van der Waals surface area contributed by atoms with E-state index in [1.807, 2.05) is 39.0 Å². The van der Waals surface area contributed by atoms with E-state index in [4.69, 9.17) is 4.74 Å². The quantitative estimate of drug-likeness (QED) is 0.749. The Morgan fingerprint density at radius 1 is 1.07 bits per heavy atom. The van der Waals surface area contributed by atoms with Crippen molar-refractivity contribution < 1.29 is 17.9 Å². The molecular weight excluding hydrogens is 364 g/mol. The van der Waals surface area contributed by atoms with Crippen molar-refractivity contribution in [1.82, 2.24) is 0 Å². The highest BCUT2D eigenvalue weighted by atomic mass is 32.2. The molecule has 0 atom stereocenters. The molecule has 0 bridgehead atoms. The van der Waals surface area contributed by atoms with Crippen molar-refractivity contribution in [3.8, 4) is 5.75 Å². The zero-order valence-corrected chi connectivity index (χ0v) is 17.0. The summed E-state index contributed by atoms with van der Waals surface area (Å²) in [5, 5.41) is 2.77. The fourth-order valence-corrected chi connectivity index (χ4v) is 3.56. The van der Waals surface area contributed by atoms with Crippen LogP contribution in [0.5, 0.6) is 5.75 Å². The maximum atomic E-state index is 12.4. The number of amides is 1. The molecule has 0 unspecified atom stereocenters. The summed E-state index contributed by atoms with van der Waals surface area (Å²) in [6.45, 7) is 6.17. The Bertz CT molecular complexity index is 872. The molecule has 1 N–H and O–H groups in total. The summed E-state index contributed by atoms with van der Waals surface area (Å²) in [5.74, 6) is 0.255. The van der Waals surface area contributed by atoms with Gasteiger partial charge in [0.1, 0.15) is 12.3 Å². The van der Waals surface area contributed by atoms with Crippen LogP contribution >= 0.6 is 0 Å². The van der Waals surface area contributed by atoms with Gasteiger partial charge < -0.3 is 10.1 Å². The first kappa shape index (κ1) is 20.8. The fraction of sp³-hybridized carbons (Fsp3) is 0.350. The molecule has 7 heteroatoms. The van der Waals surface area contributed by atoms with Crippen LogP contribution < -0.4 is 14.4 Å². The number of anilines is 2. The van der Waals surface area contributed by atoms with Gasteiger partial charge in [-0.1, -0.05) is 13.0 Å². The summed E-state index contributed by atoms with van der Waals surface area (Å²) in [6.07, 6.45) is 1.97. The zero-order chi connectivity index (χ0) is 20.0. The zero-order valence-electron chi connectivity index (χ0n) is 16.2. The van der Waals surface area contributed by atoms with Gasteiger partial charge in [0.15, 0.2) is 0 Å². The van der Waals surface area contributed by atoms with Crippen LogP contribution in [0.4, 0.5) is 11.4 Å². The lowest BCUT2D eigenvalue weighted by atomic mass is 10.1. The van der Waals surface area contributed by atoms with Gasteiger partial charge in [0.25, 0.3) is 0 Å². The number of rotatable bonds is 8. The average Bonchev–Trinajstić information content (AvgIpc) is 2.56. The number of hydrogen-bond donors (Lipinski definition) is 1. The molecule has 6 nitrogen and oxygen atoms in total. The number of aryl methyl sites for hydroxylation is 2. The van der Waals surface area contributed by atoms with E-state index >= 15 is 0 Å². The van der Waals surface area contributed by atoms with E-state index in [9.17, 15) is 13.2 Å². The fourth-order valence-electron chi connectivity index (χ4n) is 2.71. The first-order valence-corrected chi connectivity index (χ1v) is 10.6. The smallest absolute Gasteiger partial charge is 0.245 e. The number of ether oxygens (including phenoxy) is 1. The average molecular weight is 391 g/mol. The first-order chi connectivity index (χ1) is 12.7. The second-order valence-corrected chi connectivity index (χ2v) is 8.44. The van der Waals surface area contributed by atoms with E-state index in [1.165, 1.54) is 0 Å². The van der Waals surface area contributed by atoms with Gasteiger partial charge in [0.05, 0.1) is 18.6 Å². The number of benzene rings is 2. The SMILES string of the molecule is CCCOc1ccc(N(CC(=O)Nc2cc(C)cc(C)c2)S(C)(=O)=O)cc1. The molecule has 0 aliphatic rings. The first-order valence-electron chi connectivity index (χ1n) is 8.77. The van der Waals surface area contributed by atoms with Gasteiger partial charge in [0, 0.05) is 5.69 Å². The van der Waals surface area contributed by atoms with Crippen molar-refractivity contribution >= 4 is 27.3 Å². The Balaban J connectivity index is 2.15. The maximum Gasteiger partial charge on any atom is 0.245 e. The normalized spacial score (nSPS) is 11.1. The molecule has 0 aliphatic carbocycles. The van der Waals surface area contributed by atoms with Crippen LogP contribution in [0, 0.1) is 13.8 Å². The van der Waals surface area contributed by atoms with Crippen LogP contribution in [0.15, 0.2) is 42.5 Å². The van der Waals surface area contributed by atoms with Gasteiger partial charge in [-0.05, 0) is 67.8 Å². The topological polar surface area (TPSA) is 75.7 Å². The van der Waals surface area contributed by atoms with Crippen LogP contribution in [0.25, 0.3) is 0 Å². The predicted octanol–water partition coefficient (Wildman–Crippen LogP) is 3.50. The molecule has 0 heterocycles. The van der Waals surface area contributed by atoms with E-state index in [1.54, 1.807) is 24.3 Å². The van der Waals surface area contributed by atoms with Gasteiger partial charge in [-0.2, -0.15) is 0 Å². The minimum absolute atomic E-state index is 0.305. The van der Waals surface area contributed by atoms with Crippen molar-refractivity contribution in [2.75, 3.05) is 29.0 Å². The van der Waals surface area contributed by atoms with Gasteiger partial charge >= 0.3 is 0 Å². The summed E-state index contributed by atoms with van der Waals surface area (Å²) in [7, 11) is -3.62. The molecule has 0 radical (unpaired) electrons. The molecule has 0 saturated carbocycles. The summed E-state index contributed by atoms with van der Waals surface area (Å²) in [4.78, 5) is 12.4. The lowest BCUT2D eigenvalue weighted by Gasteiger charge is -2.22. The largest absolute Gasteiger partial charge is 0.494 e. The van der Waals surface area contributed by atoms with E-state index in [2.05, 4.69) is 5.32 Å². The van der Waals surface area contributed by atoms with Crippen molar-refractivity contribution in [3.05, 3.63) is 53.6 Å². The van der Waals surface area contributed by atoms with Crippen molar-refractivity contribution in [3.63, 3.8) is 0 Å². The number of nitrogens with zero attached hydrogens (tertiary/aromatic N) is 1. The summed E-state index contributed by atoms with van der Waals surface area (Å²) in [6, 6.07) is 12.4. The van der Waals surface area contributed by atoms with Gasteiger partial charge in [-0.25, -0.2) is 8.42 Å². The third kappa shape index (κ3) is 6.29. The number of carbonyl (C=O) groups excluding carboxylic acids is 1. The number of carbonyl (C=O) groups is 1. The van der Waals surface area contributed by atoms with Crippen LogP contribution in [-0.4, -0.2) is 33.7 Å². The molecule has 0 spiro atoms. The third-order valence-electron chi connectivity index (χ3n) is 3.79. The standard InChI is InChI=1S/C20H26N2O4S/c1-5-10-26-19-8-6-18(7-9-19)22(27(4,24)25)14-20(23)21-17-12-15(2)11-16(3)13-17/h6-9,11-13H,5,10,14H2,1-4H3,(H,21,23). The van der Waals surface area contributed by atoms with Crippen LogP contribution in [0.3, 0.4) is 0 Å². The summed E-state index contributed by atoms with van der Waals surface area (Å²) >= 11 is 0. The summed E-state index contributed by atoms with van der Waals surface area (Å²) < 4.78 is 31.0. The molecule has 2 rings (SSSR count). The molecule has 146 valence electrons. The van der Waals surface area contributed by atoms with Crippen molar-refractivity contribution in [1.29, 1.82) is 0 Å². The summed E-state index contributed by atoms with van der Waals surface area (Å²) in [5.41, 5.74) is 3.10. The van der Waals surface area contributed by atoms with Crippen LogP contribution in [-0.2, 0) is 14.8 Å². The number of nitrogens with one attached hydrogen (secondary N) is 1. The molecule has 2 aromatic rings. The van der Waals surface area contributed by atoms with Gasteiger partial charge in [0.2, 0.25) is 15.9 Å². The highest BCUT2D eigenvalue weighted by Gasteiger charge is 2.21. The lowest BCUT2D eigenvalue weighted by Crippen LogP contribution is -2.37. The third-order valence-corrected chi connectivity index (χ3v) is 4.93. The Morgan fingerprint density at radius 2 is 1.67 bits per heavy atom. The molecule has 1 amide bonds. The lowest BCUT2D eigenvalue weighted by molar-refractivity contribution is -0.114. The predicted molar refractivity (Wildman–Crippen MR) is 109 cm³/mol. The molecule has 0 aromatic heterocycles. The molecule has 2 aromatic carbocycles. The van der Waals surface area contributed by atoms with Crippen LogP contribution in [0.2, 0.25) is 0 Å². The van der Waals surface area contributed by atoms with E-state index in [-0.39, 0.29) is 6.54 Å².